The number of morpholine rings is 1. The van der Waals surface area contributed by atoms with Gasteiger partial charge in [0, 0.05) is 18.7 Å². The van der Waals surface area contributed by atoms with Crippen LogP contribution in [-0.2, 0) is 11.3 Å². The highest BCUT2D eigenvalue weighted by atomic mass is 16.5. The number of furan rings is 1. The molecule has 1 N–H and O–H groups in total. The van der Waals surface area contributed by atoms with Crippen LogP contribution in [0.25, 0.3) is 16.6 Å². The van der Waals surface area contributed by atoms with Crippen molar-refractivity contribution in [2.45, 2.75) is 13.5 Å². The zero-order valence-corrected chi connectivity index (χ0v) is 18.3. The summed E-state index contributed by atoms with van der Waals surface area (Å²) in [6.07, 6.45) is 1.56. The molecule has 33 heavy (non-hydrogen) atoms. The molecule has 0 saturated carbocycles. The van der Waals surface area contributed by atoms with E-state index < -0.39 is 0 Å². The first-order chi connectivity index (χ1) is 16.1. The summed E-state index contributed by atoms with van der Waals surface area (Å²) in [6, 6.07) is 16.3. The largest absolute Gasteiger partial charge is 0.467 e. The van der Waals surface area contributed by atoms with Crippen molar-refractivity contribution in [3.05, 3.63) is 88.1 Å². The highest BCUT2D eigenvalue weighted by Crippen LogP contribution is 2.22. The lowest BCUT2D eigenvalue weighted by molar-refractivity contribution is 0.0948. The lowest BCUT2D eigenvalue weighted by Crippen LogP contribution is -2.40. The lowest BCUT2D eigenvalue weighted by atomic mass is 10.1. The second-order valence-electron chi connectivity index (χ2n) is 7.98. The van der Waals surface area contributed by atoms with Crippen molar-refractivity contribution in [3.63, 3.8) is 0 Å². The predicted molar refractivity (Wildman–Crippen MR) is 125 cm³/mol. The second-order valence-corrected chi connectivity index (χ2v) is 7.98. The normalized spacial score (nSPS) is 13.9. The van der Waals surface area contributed by atoms with E-state index in [-0.39, 0.29) is 18.0 Å². The third-order valence-electron chi connectivity index (χ3n) is 5.70. The van der Waals surface area contributed by atoms with Gasteiger partial charge in [0.25, 0.3) is 11.5 Å². The van der Waals surface area contributed by atoms with Gasteiger partial charge in [-0.1, -0.05) is 17.7 Å². The number of fused-ring (bicyclic) bond motifs is 1. The molecule has 0 atom stereocenters. The summed E-state index contributed by atoms with van der Waals surface area (Å²) in [7, 11) is 0. The Balaban J connectivity index is 1.57. The molecule has 4 aromatic rings. The zero-order valence-electron chi connectivity index (χ0n) is 18.3. The minimum absolute atomic E-state index is 0.173. The molecule has 0 aliphatic carbocycles. The summed E-state index contributed by atoms with van der Waals surface area (Å²) in [6.45, 7) is 4.69. The standard InChI is InChI=1S/C25H24N4O4/c1-17-4-7-19(8-5-17)29-24(31)21-9-6-18(23(30)26-16-20-3-2-12-33-20)15-22(21)27-25(29)28-10-13-32-14-11-28/h2-9,12,15H,10-11,13-14,16H2,1H3,(H,26,30). The van der Waals surface area contributed by atoms with Crippen molar-refractivity contribution >= 4 is 22.8 Å². The molecule has 1 fully saturated rings. The number of nitrogens with one attached hydrogen (secondary N) is 1. The van der Waals surface area contributed by atoms with Crippen molar-refractivity contribution < 1.29 is 13.9 Å². The molecule has 0 spiro atoms. The Hall–Kier alpha value is -3.91. The van der Waals surface area contributed by atoms with Crippen LogP contribution in [0.3, 0.4) is 0 Å². The van der Waals surface area contributed by atoms with Crippen LogP contribution in [0.4, 0.5) is 5.95 Å². The van der Waals surface area contributed by atoms with Gasteiger partial charge in [0.05, 0.1) is 42.6 Å². The van der Waals surface area contributed by atoms with Gasteiger partial charge in [0.1, 0.15) is 5.76 Å². The molecule has 8 heteroatoms. The molecule has 0 bridgehead atoms. The molecule has 3 heterocycles. The van der Waals surface area contributed by atoms with E-state index in [0.717, 1.165) is 11.3 Å². The number of hydrogen-bond donors (Lipinski definition) is 1. The minimum atomic E-state index is -0.259. The maximum Gasteiger partial charge on any atom is 0.267 e. The van der Waals surface area contributed by atoms with E-state index in [0.29, 0.717) is 54.5 Å². The summed E-state index contributed by atoms with van der Waals surface area (Å²) in [4.78, 5) is 33.2. The van der Waals surface area contributed by atoms with Gasteiger partial charge < -0.3 is 19.4 Å². The number of rotatable bonds is 5. The van der Waals surface area contributed by atoms with Crippen molar-refractivity contribution in [2.24, 2.45) is 0 Å². The van der Waals surface area contributed by atoms with Crippen LogP contribution >= 0.6 is 0 Å². The average Bonchev–Trinajstić information content (AvgIpc) is 3.37. The molecule has 1 saturated heterocycles. The van der Waals surface area contributed by atoms with Gasteiger partial charge in [-0.25, -0.2) is 9.55 Å². The van der Waals surface area contributed by atoms with Gasteiger partial charge in [-0.2, -0.15) is 0 Å². The number of ether oxygens (including phenoxy) is 1. The number of carbonyl (C=O) groups excluding carboxylic acids is 1. The third kappa shape index (κ3) is 4.25. The molecule has 0 radical (unpaired) electrons. The fourth-order valence-corrected chi connectivity index (χ4v) is 3.90. The Morgan fingerprint density at radius 1 is 1.09 bits per heavy atom. The number of hydrogen-bond acceptors (Lipinski definition) is 6. The van der Waals surface area contributed by atoms with Crippen LogP contribution in [0.2, 0.25) is 0 Å². The summed E-state index contributed by atoms with van der Waals surface area (Å²) < 4.78 is 12.4. The summed E-state index contributed by atoms with van der Waals surface area (Å²) in [5, 5.41) is 3.28. The molecular formula is C25H24N4O4. The maximum absolute atomic E-state index is 13.6. The molecule has 1 aliphatic rings. The minimum Gasteiger partial charge on any atom is -0.467 e. The van der Waals surface area contributed by atoms with Gasteiger partial charge in [0.15, 0.2) is 0 Å². The molecule has 2 aromatic heterocycles. The fourth-order valence-electron chi connectivity index (χ4n) is 3.90. The van der Waals surface area contributed by atoms with Crippen LogP contribution in [0, 0.1) is 6.92 Å². The third-order valence-corrected chi connectivity index (χ3v) is 5.70. The van der Waals surface area contributed by atoms with Crippen LogP contribution < -0.4 is 15.8 Å². The first-order valence-corrected chi connectivity index (χ1v) is 10.9. The molecule has 1 aliphatic heterocycles. The van der Waals surface area contributed by atoms with E-state index in [2.05, 4.69) is 5.32 Å². The maximum atomic E-state index is 13.6. The predicted octanol–water partition coefficient (Wildman–Crippen LogP) is 3.05. The van der Waals surface area contributed by atoms with Crippen molar-refractivity contribution in [1.29, 1.82) is 0 Å². The van der Waals surface area contributed by atoms with Gasteiger partial charge >= 0.3 is 0 Å². The SMILES string of the molecule is Cc1ccc(-n2c(N3CCOCC3)nc3cc(C(=O)NCc4ccco4)ccc3c2=O)cc1. The zero-order chi connectivity index (χ0) is 22.8. The topological polar surface area (TPSA) is 89.6 Å². The Morgan fingerprint density at radius 2 is 1.88 bits per heavy atom. The number of aryl methyl sites for hydroxylation is 1. The molecular weight excluding hydrogens is 420 g/mol. The monoisotopic (exact) mass is 444 g/mol. The van der Waals surface area contributed by atoms with Gasteiger partial charge in [0.2, 0.25) is 5.95 Å². The number of amides is 1. The smallest absolute Gasteiger partial charge is 0.267 e. The molecule has 168 valence electrons. The van der Waals surface area contributed by atoms with Crippen LogP contribution in [0.1, 0.15) is 21.7 Å². The summed E-state index contributed by atoms with van der Waals surface area (Å²) in [5.41, 5.74) is 2.60. The lowest BCUT2D eigenvalue weighted by Gasteiger charge is -2.30. The molecule has 0 unspecified atom stereocenters. The van der Waals surface area contributed by atoms with E-state index in [1.54, 1.807) is 41.2 Å². The highest BCUT2D eigenvalue weighted by Gasteiger charge is 2.21. The van der Waals surface area contributed by atoms with E-state index in [4.69, 9.17) is 14.1 Å². The number of carbonyl (C=O) groups is 1. The first-order valence-electron chi connectivity index (χ1n) is 10.9. The van der Waals surface area contributed by atoms with Crippen molar-refractivity contribution in [1.82, 2.24) is 14.9 Å². The van der Waals surface area contributed by atoms with Crippen molar-refractivity contribution in [2.75, 3.05) is 31.2 Å². The Morgan fingerprint density at radius 3 is 2.61 bits per heavy atom. The fraction of sp³-hybridized carbons (Fsp3) is 0.240. The van der Waals surface area contributed by atoms with Crippen molar-refractivity contribution in [3.8, 4) is 5.69 Å². The summed E-state index contributed by atoms with van der Waals surface area (Å²) in [5.74, 6) is 0.955. The van der Waals surface area contributed by atoms with E-state index >= 15 is 0 Å². The van der Waals surface area contributed by atoms with Gasteiger partial charge in [-0.15, -0.1) is 0 Å². The van der Waals surface area contributed by atoms with E-state index in [9.17, 15) is 9.59 Å². The molecule has 8 nitrogen and oxygen atoms in total. The van der Waals surface area contributed by atoms with Crippen LogP contribution in [-0.4, -0.2) is 41.8 Å². The number of benzene rings is 2. The summed E-state index contributed by atoms with van der Waals surface area (Å²) >= 11 is 0. The van der Waals surface area contributed by atoms with Crippen LogP contribution in [0.15, 0.2) is 70.1 Å². The molecule has 2 aromatic carbocycles. The van der Waals surface area contributed by atoms with Gasteiger partial charge in [-0.3, -0.25) is 9.59 Å². The first kappa shape index (κ1) is 21.0. The highest BCUT2D eigenvalue weighted by molar-refractivity contribution is 5.97. The molecule has 1 amide bonds. The number of aromatic nitrogens is 2. The van der Waals surface area contributed by atoms with E-state index in [1.807, 2.05) is 36.1 Å². The van der Waals surface area contributed by atoms with Crippen LogP contribution in [0.5, 0.6) is 0 Å². The quantitative estimate of drug-likeness (QED) is 0.509. The Labute approximate surface area is 190 Å². The average molecular weight is 444 g/mol. The molecule has 5 rings (SSSR count). The van der Waals surface area contributed by atoms with Gasteiger partial charge in [-0.05, 0) is 49.4 Å². The number of anilines is 1. The second kappa shape index (κ2) is 8.91. The Bertz CT molecular complexity index is 1340. The van der Waals surface area contributed by atoms with E-state index in [1.165, 1.54) is 0 Å². The Kier molecular flexibility index (Phi) is 5.66. The number of nitrogens with zero attached hydrogens (tertiary/aromatic N) is 3.